The number of alkyl halides is 3. The average Bonchev–Trinajstić information content (AvgIpc) is 2.95. The molecule has 0 radical (unpaired) electrons. The highest BCUT2D eigenvalue weighted by Gasteiger charge is 2.33. The maximum atomic E-state index is 12.5. The van der Waals surface area contributed by atoms with Gasteiger partial charge in [-0.1, -0.05) is 29.8 Å². The Balaban J connectivity index is 2.06. The van der Waals surface area contributed by atoms with Crippen LogP contribution in [0.4, 0.5) is 13.2 Å². The minimum Gasteiger partial charge on any atom is -0.337 e. The van der Waals surface area contributed by atoms with Gasteiger partial charge in [0.1, 0.15) is 6.54 Å². The number of halogens is 4. The number of likely N-dealkylation sites (N-methyl/N-ethyl adjacent to an activating group) is 1. The lowest BCUT2D eigenvalue weighted by atomic mass is 10.2. The summed E-state index contributed by atoms with van der Waals surface area (Å²) >= 11 is 6.06. The molecule has 0 saturated carbocycles. The monoisotopic (exact) mass is 345 g/mol. The molecule has 0 saturated heterocycles. The third kappa shape index (κ3) is 4.48. The molecule has 1 heterocycles. The summed E-state index contributed by atoms with van der Waals surface area (Å²) in [6.07, 6.45) is -3.37. The van der Waals surface area contributed by atoms with E-state index in [2.05, 4.69) is 5.10 Å². The molecule has 0 bridgehead atoms. The Hall–Kier alpha value is -2.02. The van der Waals surface area contributed by atoms with E-state index in [0.29, 0.717) is 18.1 Å². The van der Waals surface area contributed by atoms with Crippen molar-refractivity contribution in [3.8, 4) is 0 Å². The maximum Gasteiger partial charge on any atom is 0.435 e. The van der Waals surface area contributed by atoms with Gasteiger partial charge in [-0.15, -0.1) is 0 Å². The highest BCUT2D eigenvalue weighted by atomic mass is 35.5. The van der Waals surface area contributed by atoms with Crippen molar-refractivity contribution in [1.82, 2.24) is 14.7 Å². The van der Waals surface area contributed by atoms with E-state index in [1.165, 1.54) is 4.90 Å². The largest absolute Gasteiger partial charge is 0.435 e. The molecule has 2 aromatic rings. The van der Waals surface area contributed by atoms with Gasteiger partial charge in [0.25, 0.3) is 0 Å². The highest BCUT2D eigenvalue weighted by Crippen LogP contribution is 2.27. The molecule has 4 nitrogen and oxygen atoms in total. The maximum absolute atomic E-state index is 12.5. The zero-order valence-corrected chi connectivity index (χ0v) is 13.1. The molecule has 0 spiro atoms. The molecule has 124 valence electrons. The van der Waals surface area contributed by atoms with Gasteiger partial charge in [-0.3, -0.25) is 9.48 Å². The molecule has 23 heavy (non-hydrogen) atoms. The lowest BCUT2D eigenvalue weighted by Crippen LogP contribution is -2.33. The van der Waals surface area contributed by atoms with E-state index in [9.17, 15) is 18.0 Å². The van der Waals surface area contributed by atoms with Crippen LogP contribution in [0.1, 0.15) is 18.2 Å². The molecular weight excluding hydrogens is 331 g/mol. The normalized spacial score (nSPS) is 11.5. The van der Waals surface area contributed by atoms with Crippen LogP contribution in [0.15, 0.2) is 36.5 Å². The number of nitrogens with zero attached hydrogens (tertiary/aromatic N) is 3. The van der Waals surface area contributed by atoms with E-state index in [-0.39, 0.29) is 12.5 Å². The number of carbonyl (C=O) groups is 1. The Morgan fingerprint density at radius 2 is 2.00 bits per heavy atom. The van der Waals surface area contributed by atoms with Crippen LogP contribution in [0.2, 0.25) is 5.02 Å². The van der Waals surface area contributed by atoms with Crippen LogP contribution in [0.5, 0.6) is 0 Å². The Bertz CT molecular complexity index is 685. The highest BCUT2D eigenvalue weighted by molar-refractivity contribution is 6.31. The van der Waals surface area contributed by atoms with Gasteiger partial charge in [0, 0.05) is 24.3 Å². The van der Waals surface area contributed by atoms with Gasteiger partial charge in [-0.2, -0.15) is 18.3 Å². The molecular formula is C15H15ClF3N3O. The Kier molecular flexibility index (Phi) is 5.30. The number of rotatable bonds is 5. The molecule has 0 aliphatic heterocycles. The summed E-state index contributed by atoms with van der Waals surface area (Å²) in [5, 5.41) is 3.92. The number of amides is 1. The summed E-state index contributed by atoms with van der Waals surface area (Å²) in [6.45, 7) is 2.24. The van der Waals surface area contributed by atoms with Crippen LogP contribution in [0, 0.1) is 0 Å². The second kappa shape index (κ2) is 7.04. The number of benzene rings is 1. The van der Waals surface area contributed by atoms with Crippen molar-refractivity contribution in [3.63, 3.8) is 0 Å². The summed E-state index contributed by atoms with van der Waals surface area (Å²) in [5.74, 6) is -0.329. The number of carbonyl (C=O) groups excluding carboxylic acids is 1. The molecule has 1 amide bonds. The number of aromatic nitrogens is 2. The van der Waals surface area contributed by atoms with Gasteiger partial charge in [0.15, 0.2) is 5.69 Å². The van der Waals surface area contributed by atoms with Crippen molar-refractivity contribution in [2.75, 3.05) is 6.54 Å². The van der Waals surface area contributed by atoms with Crippen molar-refractivity contribution >= 4 is 17.5 Å². The van der Waals surface area contributed by atoms with Gasteiger partial charge in [-0.25, -0.2) is 0 Å². The van der Waals surface area contributed by atoms with Gasteiger partial charge in [0.05, 0.1) is 0 Å². The third-order valence-corrected chi connectivity index (χ3v) is 3.65. The minimum absolute atomic E-state index is 0.256. The standard InChI is InChI=1S/C15H15ClF3N3O/c1-2-21(9-11-5-3-4-6-12(11)16)14(23)10-22-8-7-13(20-22)15(17,18)19/h3-8H,2,9-10H2,1H3. The van der Waals surface area contributed by atoms with Crippen molar-refractivity contribution in [1.29, 1.82) is 0 Å². The van der Waals surface area contributed by atoms with E-state index in [1.54, 1.807) is 25.1 Å². The molecule has 0 fully saturated rings. The van der Waals surface area contributed by atoms with Crippen LogP contribution in [0.3, 0.4) is 0 Å². The fourth-order valence-corrected chi connectivity index (χ4v) is 2.24. The fourth-order valence-electron chi connectivity index (χ4n) is 2.05. The van der Waals surface area contributed by atoms with Crippen LogP contribution < -0.4 is 0 Å². The van der Waals surface area contributed by atoms with Crippen molar-refractivity contribution in [3.05, 3.63) is 52.8 Å². The molecule has 0 aliphatic rings. The van der Waals surface area contributed by atoms with Crippen molar-refractivity contribution < 1.29 is 18.0 Å². The molecule has 0 atom stereocenters. The number of hydrogen-bond donors (Lipinski definition) is 0. The predicted molar refractivity (Wildman–Crippen MR) is 79.8 cm³/mol. The van der Waals surface area contributed by atoms with Gasteiger partial charge >= 0.3 is 6.18 Å². The van der Waals surface area contributed by atoms with Crippen LogP contribution in [-0.4, -0.2) is 27.1 Å². The summed E-state index contributed by atoms with van der Waals surface area (Å²) in [4.78, 5) is 13.8. The van der Waals surface area contributed by atoms with E-state index in [0.717, 1.165) is 22.5 Å². The van der Waals surface area contributed by atoms with Crippen LogP contribution in [-0.2, 0) is 24.1 Å². The third-order valence-electron chi connectivity index (χ3n) is 3.28. The Morgan fingerprint density at radius 3 is 2.57 bits per heavy atom. The summed E-state index contributed by atoms with van der Waals surface area (Å²) in [5.41, 5.74) is -0.236. The summed E-state index contributed by atoms with van der Waals surface area (Å²) in [7, 11) is 0. The molecule has 0 unspecified atom stereocenters. The topological polar surface area (TPSA) is 38.1 Å². The number of hydrogen-bond acceptors (Lipinski definition) is 2. The first-order valence-electron chi connectivity index (χ1n) is 6.93. The average molecular weight is 346 g/mol. The van der Waals surface area contributed by atoms with Gasteiger partial charge < -0.3 is 4.90 Å². The van der Waals surface area contributed by atoms with E-state index in [1.807, 2.05) is 6.07 Å². The predicted octanol–water partition coefficient (Wildman–Crippen LogP) is 3.60. The first kappa shape index (κ1) is 17.3. The van der Waals surface area contributed by atoms with Gasteiger partial charge in [0.2, 0.25) is 5.91 Å². The van der Waals surface area contributed by atoms with Crippen LogP contribution >= 0.6 is 11.6 Å². The minimum atomic E-state index is -4.52. The molecule has 2 rings (SSSR count). The Morgan fingerprint density at radius 1 is 1.30 bits per heavy atom. The first-order chi connectivity index (χ1) is 10.8. The fraction of sp³-hybridized carbons (Fsp3) is 0.333. The second-order valence-electron chi connectivity index (χ2n) is 4.90. The molecule has 0 aliphatic carbocycles. The molecule has 0 N–H and O–H groups in total. The molecule has 8 heteroatoms. The molecule has 1 aromatic heterocycles. The zero-order chi connectivity index (χ0) is 17.0. The van der Waals surface area contributed by atoms with Crippen LogP contribution in [0.25, 0.3) is 0 Å². The summed E-state index contributed by atoms with van der Waals surface area (Å²) < 4.78 is 38.5. The Labute approximate surface area is 136 Å². The lowest BCUT2D eigenvalue weighted by Gasteiger charge is -2.21. The first-order valence-corrected chi connectivity index (χ1v) is 7.31. The van der Waals surface area contributed by atoms with E-state index >= 15 is 0 Å². The van der Waals surface area contributed by atoms with Crippen molar-refractivity contribution in [2.45, 2.75) is 26.2 Å². The van der Waals surface area contributed by atoms with Gasteiger partial charge in [-0.05, 0) is 24.6 Å². The molecule has 1 aromatic carbocycles. The smallest absolute Gasteiger partial charge is 0.337 e. The van der Waals surface area contributed by atoms with E-state index in [4.69, 9.17) is 11.6 Å². The second-order valence-corrected chi connectivity index (χ2v) is 5.30. The zero-order valence-electron chi connectivity index (χ0n) is 12.3. The summed E-state index contributed by atoms with van der Waals surface area (Å²) in [6, 6.07) is 7.96. The van der Waals surface area contributed by atoms with E-state index < -0.39 is 11.9 Å². The van der Waals surface area contributed by atoms with Crippen molar-refractivity contribution in [2.24, 2.45) is 0 Å². The lowest BCUT2D eigenvalue weighted by molar-refractivity contribution is -0.142. The SMILES string of the molecule is CCN(Cc1ccccc1Cl)C(=O)Cn1ccc(C(F)(F)F)n1. The quantitative estimate of drug-likeness (QED) is 0.830.